The van der Waals surface area contributed by atoms with E-state index in [0.717, 1.165) is 5.92 Å². The van der Waals surface area contributed by atoms with Crippen LogP contribution >= 0.6 is 0 Å². The molecule has 0 spiro atoms. The third kappa shape index (κ3) is 2.24. The van der Waals surface area contributed by atoms with Crippen LogP contribution in [0.5, 0.6) is 0 Å². The van der Waals surface area contributed by atoms with Crippen LogP contribution in [0.15, 0.2) is 24.3 Å². The van der Waals surface area contributed by atoms with Gasteiger partial charge in [-0.25, -0.2) is 0 Å². The van der Waals surface area contributed by atoms with E-state index in [1.54, 1.807) is 0 Å². The van der Waals surface area contributed by atoms with E-state index in [2.05, 4.69) is 42.7 Å². The van der Waals surface area contributed by atoms with Crippen LogP contribution in [-0.4, -0.2) is 4.57 Å². The summed E-state index contributed by atoms with van der Waals surface area (Å²) in [4.78, 5) is 0. The summed E-state index contributed by atoms with van der Waals surface area (Å²) in [5, 5.41) is 1.43. The first kappa shape index (κ1) is 12.2. The van der Waals surface area contributed by atoms with Crippen molar-refractivity contribution in [2.45, 2.75) is 47.1 Å². The minimum Gasteiger partial charge on any atom is -0.344 e. The van der Waals surface area contributed by atoms with Crippen LogP contribution < -0.4 is 0 Å². The maximum Gasteiger partial charge on any atom is 0.0485 e. The molecule has 3 rings (SSSR count). The molecule has 1 aliphatic carbocycles. The predicted molar refractivity (Wildman–Crippen MR) is 75.5 cm³/mol. The van der Waals surface area contributed by atoms with Crippen molar-refractivity contribution in [3.8, 4) is 0 Å². The molecule has 1 saturated carbocycles. The molecule has 1 heterocycles. The lowest BCUT2D eigenvalue weighted by Crippen LogP contribution is -2.01. The molecule has 0 radical (unpaired) electrons. The zero-order valence-corrected chi connectivity index (χ0v) is 11.5. The Balaban J connectivity index is 0.000000514. The molecule has 0 N–H and O–H groups in total. The number of rotatable bonds is 2. The Kier molecular flexibility index (Phi) is 3.56. The first-order chi connectivity index (χ1) is 8.27. The lowest BCUT2D eigenvalue weighted by molar-refractivity contribution is 0.632. The molecule has 1 nitrogen and oxygen atoms in total. The summed E-state index contributed by atoms with van der Waals surface area (Å²) in [7, 11) is 0. The molecule has 0 atom stereocenters. The molecule has 0 aliphatic heterocycles. The predicted octanol–water partition coefficient (Wildman–Crippen LogP) is 4.69. The van der Waals surface area contributed by atoms with Crippen LogP contribution in [0.4, 0.5) is 0 Å². The fourth-order valence-corrected chi connectivity index (χ4v) is 2.40. The Morgan fingerprint density at radius 3 is 2.41 bits per heavy atom. The molecule has 1 aromatic heterocycles. The fourth-order valence-electron chi connectivity index (χ4n) is 2.40. The topological polar surface area (TPSA) is 4.93 Å². The van der Waals surface area contributed by atoms with Gasteiger partial charge in [0, 0.05) is 23.1 Å². The quantitative estimate of drug-likeness (QED) is 0.703. The van der Waals surface area contributed by atoms with Gasteiger partial charge < -0.3 is 4.57 Å². The molecule has 1 aliphatic rings. The molecule has 92 valence electrons. The number of aromatic nitrogens is 1. The summed E-state index contributed by atoms with van der Waals surface area (Å²) in [6.45, 7) is 9.71. The highest BCUT2D eigenvalue weighted by Crippen LogP contribution is 2.34. The van der Waals surface area contributed by atoms with Crippen molar-refractivity contribution < 1.29 is 0 Å². The summed E-state index contributed by atoms with van der Waals surface area (Å²) in [6, 6.07) is 8.76. The minimum absolute atomic E-state index is 0.943. The van der Waals surface area contributed by atoms with Gasteiger partial charge >= 0.3 is 0 Å². The molecule has 1 heteroatoms. The van der Waals surface area contributed by atoms with Crippen molar-refractivity contribution in [2.24, 2.45) is 5.92 Å². The lowest BCUT2D eigenvalue weighted by Gasteiger charge is -2.06. The molecule has 0 amide bonds. The molecule has 17 heavy (non-hydrogen) atoms. The highest BCUT2D eigenvalue weighted by molar-refractivity contribution is 5.85. The van der Waals surface area contributed by atoms with E-state index in [9.17, 15) is 0 Å². The number of hydrogen-bond donors (Lipinski definition) is 0. The second kappa shape index (κ2) is 4.95. The van der Waals surface area contributed by atoms with Gasteiger partial charge in [0.2, 0.25) is 0 Å². The number of para-hydroxylation sites is 1. The maximum atomic E-state index is 2.50. The van der Waals surface area contributed by atoms with Gasteiger partial charge in [0.25, 0.3) is 0 Å². The van der Waals surface area contributed by atoms with E-state index >= 15 is 0 Å². The van der Waals surface area contributed by atoms with Crippen molar-refractivity contribution in [3.05, 3.63) is 35.5 Å². The van der Waals surface area contributed by atoms with E-state index < -0.39 is 0 Å². The lowest BCUT2D eigenvalue weighted by atomic mass is 10.2. The molecular formula is C16H23N. The second-order valence-electron chi connectivity index (χ2n) is 4.78. The molecule has 0 bridgehead atoms. The number of benzene rings is 1. The number of aryl methyl sites for hydroxylation is 1. The zero-order chi connectivity index (χ0) is 12.4. The van der Waals surface area contributed by atoms with Crippen molar-refractivity contribution in [1.29, 1.82) is 0 Å². The molecule has 1 aromatic carbocycles. The summed E-state index contributed by atoms with van der Waals surface area (Å²) >= 11 is 0. The minimum atomic E-state index is 0.943. The van der Waals surface area contributed by atoms with Crippen molar-refractivity contribution in [2.75, 3.05) is 0 Å². The largest absolute Gasteiger partial charge is 0.344 e. The number of nitrogens with zero attached hydrogens (tertiary/aromatic N) is 1. The highest BCUT2D eigenvalue weighted by Gasteiger charge is 2.23. The van der Waals surface area contributed by atoms with Crippen LogP contribution in [0.1, 0.15) is 37.9 Å². The van der Waals surface area contributed by atoms with Gasteiger partial charge in [0.15, 0.2) is 0 Å². The van der Waals surface area contributed by atoms with Crippen LogP contribution in [0.25, 0.3) is 10.9 Å². The van der Waals surface area contributed by atoms with Crippen LogP contribution in [0.2, 0.25) is 0 Å². The van der Waals surface area contributed by atoms with E-state index in [1.807, 2.05) is 13.8 Å². The molecule has 0 unspecified atom stereocenters. The van der Waals surface area contributed by atoms with Crippen LogP contribution in [-0.2, 0) is 6.54 Å². The average molecular weight is 229 g/mol. The Labute approximate surface area is 104 Å². The highest BCUT2D eigenvalue weighted by atomic mass is 15.0. The van der Waals surface area contributed by atoms with Crippen molar-refractivity contribution in [3.63, 3.8) is 0 Å². The first-order valence-electron chi connectivity index (χ1n) is 6.82. The Morgan fingerprint density at radius 2 is 1.76 bits per heavy atom. The normalized spacial score (nSPS) is 14.6. The van der Waals surface area contributed by atoms with Crippen molar-refractivity contribution in [1.82, 2.24) is 4.57 Å². The fraction of sp³-hybridized carbons (Fsp3) is 0.500. The maximum absolute atomic E-state index is 2.50. The SMILES string of the molecule is CC.Cc1c(C)n(CC2CC2)c2ccccc12. The molecule has 1 fully saturated rings. The van der Waals surface area contributed by atoms with E-state index in [4.69, 9.17) is 0 Å². The van der Waals surface area contributed by atoms with E-state index in [0.29, 0.717) is 0 Å². The third-order valence-electron chi connectivity index (χ3n) is 3.68. The number of hydrogen-bond acceptors (Lipinski definition) is 0. The van der Waals surface area contributed by atoms with Gasteiger partial charge in [0.1, 0.15) is 0 Å². The van der Waals surface area contributed by atoms with E-state index in [1.165, 1.54) is 41.5 Å². The molecule has 0 saturated heterocycles. The van der Waals surface area contributed by atoms with Gasteiger partial charge in [-0.2, -0.15) is 0 Å². The average Bonchev–Trinajstić information content (AvgIpc) is 3.17. The zero-order valence-electron chi connectivity index (χ0n) is 11.5. The standard InChI is InChI=1S/C14H17N.C2H6/c1-10-11(2)15(9-12-7-8-12)14-6-4-3-5-13(10)14;1-2/h3-6,12H,7-9H2,1-2H3;1-2H3. The monoisotopic (exact) mass is 229 g/mol. The summed E-state index contributed by atoms with van der Waals surface area (Å²) in [5.74, 6) is 0.943. The van der Waals surface area contributed by atoms with Gasteiger partial charge in [-0.1, -0.05) is 32.0 Å². The molecule has 2 aromatic rings. The summed E-state index contributed by atoms with van der Waals surface area (Å²) in [5.41, 5.74) is 4.31. The first-order valence-corrected chi connectivity index (χ1v) is 6.82. The van der Waals surface area contributed by atoms with Gasteiger partial charge in [-0.15, -0.1) is 0 Å². The Bertz CT molecular complexity index is 503. The Hall–Kier alpha value is -1.24. The van der Waals surface area contributed by atoms with Gasteiger partial charge in [-0.3, -0.25) is 0 Å². The summed E-state index contributed by atoms with van der Waals surface area (Å²) in [6.07, 6.45) is 2.84. The summed E-state index contributed by atoms with van der Waals surface area (Å²) < 4.78 is 2.50. The Morgan fingerprint density at radius 1 is 1.12 bits per heavy atom. The van der Waals surface area contributed by atoms with Gasteiger partial charge in [0.05, 0.1) is 0 Å². The second-order valence-corrected chi connectivity index (χ2v) is 4.78. The number of fused-ring (bicyclic) bond motifs is 1. The smallest absolute Gasteiger partial charge is 0.0485 e. The van der Waals surface area contributed by atoms with Gasteiger partial charge in [-0.05, 0) is 44.2 Å². The molecular weight excluding hydrogens is 206 g/mol. The third-order valence-corrected chi connectivity index (χ3v) is 3.68. The van der Waals surface area contributed by atoms with Crippen LogP contribution in [0.3, 0.4) is 0 Å². The van der Waals surface area contributed by atoms with E-state index in [-0.39, 0.29) is 0 Å². The van der Waals surface area contributed by atoms with Crippen molar-refractivity contribution >= 4 is 10.9 Å². The van der Waals surface area contributed by atoms with Crippen LogP contribution in [0, 0.1) is 19.8 Å².